The molecule has 0 aliphatic heterocycles. The summed E-state index contributed by atoms with van der Waals surface area (Å²) in [7, 11) is 1.39. The van der Waals surface area contributed by atoms with Crippen LogP contribution in [0.4, 0.5) is 11.4 Å². The third kappa shape index (κ3) is 3.41. The molecule has 3 heteroatoms. The largest absolute Gasteiger partial charge is 0.465 e. The first kappa shape index (κ1) is 17.5. The molecule has 0 bridgehead atoms. The standard InChI is InChI=1S/C22H27NO2/c1-21(2)12-13-22(3,4)19-14-17(10-11-18(19)21)23-16-8-6-15(7-9-16)20(24)25-5/h6-11,14,23H,12-13H2,1-5H3. The molecule has 0 radical (unpaired) electrons. The van der Waals surface area contributed by atoms with E-state index < -0.39 is 0 Å². The number of fused-ring (bicyclic) bond motifs is 1. The number of ether oxygens (including phenoxy) is 1. The third-order valence-electron chi connectivity index (χ3n) is 5.45. The van der Waals surface area contributed by atoms with E-state index >= 15 is 0 Å². The number of carbonyl (C=O) groups excluding carboxylic acids is 1. The number of rotatable bonds is 3. The highest BCUT2D eigenvalue weighted by atomic mass is 16.5. The van der Waals surface area contributed by atoms with E-state index in [9.17, 15) is 4.79 Å². The van der Waals surface area contributed by atoms with Gasteiger partial charge >= 0.3 is 5.97 Å². The highest BCUT2D eigenvalue weighted by molar-refractivity contribution is 5.89. The lowest BCUT2D eigenvalue weighted by Gasteiger charge is -2.42. The molecule has 0 saturated carbocycles. The molecule has 132 valence electrons. The van der Waals surface area contributed by atoms with Crippen LogP contribution < -0.4 is 5.32 Å². The summed E-state index contributed by atoms with van der Waals surface area (Å²) in [6, 6.07) is 14.1. The number of anilines is 2. The molecule has 0 aromatic heterocycles. The van der Waals surface area contributed by atoms with Crippen LogP contribution in [0.1, 0.15) is 62.0 Å². The lowest BCUT2D eigenvalue weighted by molar-refractivity contribution is 0.0601. The average molecular weight is 337 g/mol. The molecule has 0 amide bonds. The summed E-state index contributed by atoms with van der Waals surface area (Å²) in [5.41, 5.74) is 5.90. The quantitative estimate of drug-likeness (QED) is 0.745. The zero-order valence-corrected chi connectivity index (χ0v) is 15.8. The van der Waals surface area contributed by atoms with Crippen LogP contribution in [0, 0.1) is 0 Å². The van der Waals surface area contributed by atoms with Gasteiger partial charge in [0, 0.05) is 11.4 Å². The Bertz CT molecular complexity index is 788. The Morgan fingerprint density at radius 1 is 0.880 bits per heavy atom. The smallest absolute Gasteiger partial charge is 0.337 e. The van der Waals surface area contributed by atoms with E-state index in [0.29, 0.717) is 5.56 Å². The lowest BCUT2D eigenvalue weighted by atomic mass is 9.63. The summed E-state index contributed by atoms with van der Waals surface area (Å²) in [4.78, 5) is 11.5. The van der Waals surface area contributed by atoms with E-state index in [-0.39, 0.29) is 16.8 Å². The molecule has 0 unspecified atom stereocenters. The Hall–Kier alpha value is -2.29. The van der Waals surface area contributed by atoms with Crippen molar-refractivity contribution in [1.29, 1.82) is 0 Å². The summed E-state index contributed by atoms with van der Waals surface area (Å²) in [5.74, 6) is -0.315. The van der Waals surface area contributed by atoms with Crippen molar-refractivity contribution in [3.8, 4) is 0 Å². The van der Waals surface area contributed by atoms with Crippen molar-refractivity contribution in [3.63, 3.8) is 0 Å². The molecule has 1 aliphatic carbocycles. The van der Waals surface area contributed by atoms with Crippen molar-refractivity contribution in [3.05, 3.63) is 59.2 Å². The fraction of sp³-hybridized carbons (Fsp3) is 0.409. The van der Waals surface area contributed by atoms with Gasteiger partial charge in [-0.25, -0.2) is 4.79 Å². The molecule has 3 nitrogen and oxygen atoms in total. The number of esters is 1. The van der Waals surface area contributed by atoms with Gasteiger partial charge in [0.1, 0.15) is 0 Å². The normalized spacial score (nSPS) is 17.5. The predicted octanol–water partition coefficient (Wildman–Crippen LogP) is 5.57. The van der Waals surface area contributed by atoms with E-state index in [1.54, 1.807) is 12.1 Å². The molecular weight excluding hydrogens is 310 g/mol. The molecule has 2 aromatic rings. The van der Waals surface area contributed by atoms with Crippen molar-refractivity contribution >= 4 is 17.3 Å². The predicted molar refractivity (Wildman–Crippen MR) is 103 cm³/mol. The molecule has 0 saturated heterocycles. The summed E-state index contributed by atoms with van der Waals surface area (Å²) in [6.07, 6.45) is 2.42. The van der Waals surface area contributed by atoms with E-state index in [1.165, 1.54) is 31.1 Å². The minimum Gasteiger partial charge on any atom is -0.465 e. The van der Waals surface area contributed by atoms with Crippen molar-refractivity contribution in [2.24, 2.45) is 0 Å². The van der Waals surface area contributed by atoms with Gasteiger partial charge in [-0.3, -0.25) is 0 Å². The number of hydrogen-bond acceptors (Lipinski definition) is 3. The second kappa shape index (κ2) is 6.21. The first-order chi connectivity index (χ1) is 11.7. The Labute approximate surface area is 150 Å². The van der Waals surface area contributed by atoms with Gasteiger partial charge in [0.2, 0.25) is 0 Å². The van der Waals surface area contributed by atoms with Gasteiger partial charge in [0.05, 0.1) is 12.7 Å². The first-order valence-corrected chi connectivity index (χ1v) is 8.83. The van der Waals surface area contributed by atoms with Crippen LogP contribution in [-0.4, -0.2) is 13.1 Å². The van der Waals surface area contributed by atoms with Crippen LogP contribution >= 0.6 is 0 Å². The number of nitrogens with one attached hydrogen (secondary N) is 1. The van der Waals surface area contributed by atoms with Crippen molar-refractivity contribution in [1.82, 2.24) is 0 Å². The van der Waals surface area contributed by atoms with Crippen molar-refractivity contribution < 1.29 is 9.53 Å². The fourth-order valence-electron chi connectivity index (χ4n) is 3.64. The van der Waals surface area contributed by atoms with Crippen LogP contribution in [0.2, 0.25) is 0 Å². The van der Waals surface area contributed by atoms with Gasteiger partial charge in [0.25, 0.3) is 0 Å². The zero-order chi connectivity index (χ0) is 18.2. The van der Waals surface area contributed by atoms with Crippen LogP contribution in [0.5, 0.6) is 0 Å². The number of carbonyl (C=O) groups is 1. The lowest BCUT2D eigenvalue weighted by Crippen LogP contribution is -2.33. The maximum atomic E-state index is 11.5. The second-order valence-electron chi connectivity index (χ2n) is 8.22. The van der Waals surface area contributed by atoms with Crippen LogP contribution in [0.3, 0.4) is 0 Å². The molecule has 1 aliphatic rings. The Kier molecular flexibility index (Phi) is 4.36. The molecule has 25 heavy (non-hydrogen) atoms. The van der Waals surface area contributed by atoms with Gasteiger partial charge < -0.3 is 10.1 Å². The maximum absolute atomic E-state index is 11.5. The van der Waals surface area contributed by atoms with Crippen molar-refractivity contribution in [2.45, 2.75) is 51.4 Å². The van der Waals surface area contributed by atoms with E-state index in [1.807, 2.05) is 12.1 Å². The zero-order valence-electron chi connectivity index (χ0n) is 15.8. The molecule has 1 N–H and O–H groups in total. The van der Waals surface area contributed by atoms with E-state index in [2.05, 4.69) is 51.2 Å². The number of methoxy groups -OCH3 is 1. The summed E-state index contributed by atoms with van der Waals surface area (Å²) < 4.78 is 4.74. The SMILES string of the molecule is COC(=O)c1ccc(Nc2ccc3c(c2)C(C)(C)CCC3(C)C)cc1. The highest BCUT2D eigenvalue weighted by Gasteiger charge is 2.36. The molecule has 0 spiro atoms. The van der Waals surface area contributed by atoms with E-state index in [0.717, 1.165) is 11.4 Å². The summed E-state index contributed by atoms with van der Waals surface area (Å²) in [5, 5.41) is 3.45. The van der Waals surface area contributed by atoms with Gasteiger partial charge in [0.15, 0.2) is 0 Å². The average Bonchev–Trinajstić information content (AvgIpc) is 2.59. The first-order valence-electron chi connectivity index (χ1n) is 8.83. The molecule has 2 aromatic carbocycles. The molecule has 0 fully saturated rings. The van der Waals surface area contributed by atoms with Crippen LogP contribution in [0.25, 0.3) is 0 Å². The van der Waals surface area contributed by atoms with Gasteiger partial charge in [-0.2, -0.15) is 0 Å². The van der Waals surface area contributed by atoms with Gasteiger partial charge in [-0.1, -0.05) is 33.8 Å². The monoisotopic (exact) mass is 337 g/mol. The minimum absolute atomic E-state index is 0.192. The molecule has 0 atom stereocenters. The molecule has 3 rings (SSSR count). The Balaban J connectivity index is 1.88. The van der Waals surface area contributed by atoms with Gasteiger partial charge in [-0.05, 0) is 71.2 Å². The topological polar surface area (TPSA) is 38.3 Å². The highest BCUT2D eigenvalue weighted by Crippen LogP contribution is 2.46. The van der Waals surface area contributed by atoms with Crippen molar-refractivity contribution in [2.75, 3.05) is 12.4 Å². The number of benzene rings is 2. The van der Waals surface area contributed by atoms with Crippen LogP contribution in [-0.2, 0) is 15.6 Å². The summed E-state index contributed by atoms with van der Waals surface area (Å²) in [6.45, 7) is 9.32. The Morgan fingerprint density at radius 2 is 1.44 bits per heavy atom. The molecule has 0 heterocycles. The number of hydrogen-bond donors (Lipinski definition) is 1. The van der Waals surface area contributed by atoms with Gasteiger partial charge in [-0.15, -0.1) is 0 Å². The third-order valence-corrected chi connectivity index (χ3v) is 5.45. The summed E-state index contributed by atoms with van der Waals surface area (Å²) >= 11 is 0. The van der Waals surface area contributed by atoms with E-state index in [4.69, 9.17) is 4.74 Å². The Morgan fingerprint density at radius 3 is 2.04 bits per heavy atom. The van der Waals surface area contributed by atoms with Crippen LogP contribution in [0.15, 0.2) is 42.5 Å². The maximum Gasteiger partial charge on any atom is 0.337 e. The minimum atomic E-state index is -0.315. The second-order valence-corrected chi connectivity index (χ2v) is 8.22. The molecular formula is C22H27NO2. The fourth-order valence-corrected chi connectivity index (χ4v) is 3.64.